The number of hydrogen-bond acceptors (Lipinski definition) is 7. The fourth-order valence-corrected chi connectivity index (χ4v) is 12.6. The van der Waals surface area contributed by atoms with Gasteiger partial charge in [0.15, 0.2) is 0 Å². The van der Waals surface area contributed by atoms with Crippen LogP contribution < -0.4 is 18.9 Å². The van der Waals surface area contributed by atoms with Crippen LogP contribution in [-0.4, -0.2) is 21.9 Å². The third-order valence-electron chi connectivity index (χ3n) is 15.2. The molecule has 0 aliphatic carbocycles. The SMILES string of the molecule is C[C@@H]1Cc2c(-c3ccc(-c4c(OCc5ccccc5)cc(OCc5ccccc5)c5c4C[C@@H](C)N(Cc4ccccc4)[C@@H]5C)s3)c(OCc3ccccc3)cc(OCc3ccccc3)c2[C@@H](C)N1Cc1ccccc1. The van der Waals surface area contributed by atoms with Crippen molar-refractivity contribution < 1.29 is 18.9 Å². The Hall–Kier alpha value is -7.42. The molecular weight excluding hydrogens is 941 g/mol. The van der Waals surface area contributed by atoms with Crippen LogP contribution in [0.25, 0.3) is 20.9 Å². The van der Waals surface area contributed by atoms with Crippen molar-refractivity contribution in [1.82, 2.24) is 9.80 Å². The summed E-state index contributed by atoms with van der Waals surface area (Å²) in [6, 6.07) is 73.3. The molecule has 0 bridgehead atoms. The van der Waals surface area contributed by atoms with Crippen molar-refractivity contribution in [1.29, 1.82) is 0 Å². The predicted molar refractivity (Wildman–Crippen MR) is 305 cm³/mol. The highest BCUT2D eigenvalue weighted by atomic mass is 32.1. The number of rotatable bonds is 18. The molecule has 0 saturated heterocycles. The van der Waals surface area contributed by atoms with E-state index < -0.39 is 0 Å². The normalized spacial score (nSPS) is 17.4. The van der Waals surface area contributed by atoms with Crippen molar-refractivity contribution in [2.45, 2.75) is 104 Å². The third kappa shape index (κ3) is 11.2. The van der Waals surface area contributed by atoms with E-state index >= 15 is 0 Å². The van der Waals surface area contributed by atoms with E-state index in [9.17, 15) is 0 Å². The minimum atomic E-state index is 0.0614. The first-order valence-electron chi connectivity index (χ1n) is 26.6. The van der Waals surface area contributed by atoms with Gasteiger partial charge in [-0.3, -0.25) is 9.80 Å². The molecule has 0 radical (unpaired) electrons. The molecule has 4 atom stereocenters. The fraction of sp³-hybridized carbons (Fsp3) is 0.235. The quantitative estimate of drug-likeness (QED) is 0.0853. The first-order chi connectivity index (χ1) is 36.8. The highest BCUT2D eigenvalue weighted by molar-refractivity contribution is 7.19. The van der Waals surface area contributed by atoms with E-state index in [4.69, 9.17) is 18.9 Å². The van der Waals surface area contributed by atoms with Gasteiger partial charge in [0.2, 0.25) is 0 Å². The minimum Gasteiger partial charge on any atom is -0.488 e. The molecule has 75 heavy (non-hydrogen) atoms. The molecule has 2 aliphatic heterocycles. The van der Waals surface area contributed by atoms with Gasteiger partial charge >= 0.3 is 0 Å². The Labute approximate surface area is 447 Å². The standard InChI is InChI=1S/C68H66N2O4S/c1-47-37-57-65(49(3)69(47)41-51-23-11-5-12-24-51)59(71-43-53-27-15-7-16-28-53)39-61(73-45-55-31-19-9-20-32-55)67(57)63-35-36-64(75-63)68-58-38-48(2)70(42-52-25-13-6-14-26-52)50(4)66(58)60(72-44-54-29-17-8-18-30-54)40-62(68)74-46-56-33-21-10-22-34-56/h5-36,39-40,47-50H,37-38,41-46H2,1-4H3/t47-,48-,49-,50-/m1/s1. The Balaban J connectivity index is 1.07. The summed E-state index contributed by atoms with van der Waals surface area (Å²) >= 11 is 1.83. The number of ether oxygens (including phenoxy) is 4. The van der Waals surface area contributed by atoms with Crippen molar-refractivity contribution in [2.75, 3.05) is 0 Å². The van der Waals surface area contributed by atoms with Crippen LogP contribution >= 0.6 is 11.3 Å². The van der Waals surface area contributed by atoms with Crippen molar-refractivity contribution in [3.8, 4) is 43.9 Å². The molecule has 2 aliphatic rings. The molecular formula is C68H66N2O4S. The van der Waals surface area contributed by atoms with Crippen LogP contribution in [0.3, 0.4) is 0 Å². The lowest BCUT2D eigenvalue weighted by Gasteiger charge is -2.42. The summed E-state index contributed by atoms with van der Waals surface area (Å²) in [5, 5.41) is 0. The van der Waals surface area contributed by atoms with Gasteiger partial charge in [0.05, 0.1) is 0 Å². The lowest BCUT2D eigenvalue weighted by Crippen LogP contribution is -2.41. The maximum Gasteiger partial charge on any atom is 0.132 e. The number of thiophene rings is 1. The lowest BCUT2D eigenvalue weighted by atomic mass is 9.84. The molecule has 3 heterocycles. The van der Waals surface area contributed by atoms with Gasteiger partial charge in [-0.1, -0.05) is 182 Å². The maximum atomic E-state index is 7.08. The van der Waals surface area contributed by atoms with Gasteiger partial charge in [-0.15, -0.1) is 11.3 Å². The summed E-state index contributed by atoms with van der Waals surface area (Å²) in [5.74, 6) is 3.40. The predicted octanol–water partition coefficient (Wildman–Crippen LogP) is 16.4. The van der Waals surface area contributed by atoms with Crippen LogP contribution in [0.2, 0.25) is 0 Å². The van der Waals surface area contributed by atoms with Gasteiger partial charge in [-0.2, -0.15) is 0 Å². The second-order valence-electron chi connectivity index (χ2n) is 20.3. The van der Waals surface area contributed by atoms with Crippen LogP contribution in [0, 0.1) is 0 Å². The Morgan fingerprint density at radius 3 is 0.947 bits per heavy atom. The van der Waals surface area contributed by atoms with Crippen LogP contribution in [-0.2, 0) is 52.4 Å². The van der Waals surface area contributed by atoms with Crippen LogP contribution in [0.5, 0.6) is 23.0 Å². The largest absolute Gasteiger partial charge is 0.488 e. The van der Waals surface area contributed by atoms with E-state index in [2.05, 4.69) is 244 Å². The van der Waals surface area contributed by atoms with Gasteiger partial charge < -0.3 is 18.9 Å². The highest BCUT2D eigenvalue weighted by Crippen LogP contribution is 2.54. The Kier molecular flexibility index (Phi) is 15.3. The summed E-state index contributed by atoms with van der Waals surface area (Å²) in [7, 11) is 0. The summed E-state index contributed by atoms with van der Waals surface area (Å²) in [4.78, 5) is 7.58. The Morgan fingerprint density at radius 2 is 0.640 bits per heavy atom. The van der Waals surface area contributed by atoms with Crippen molar-refractivity contribution >= 4 is 11.3 Å². The number of fused-ring (bicyclic) bond motifs is 2. The zero-order valence-electron chi connectivity index (χ0n) is 43.5. The molecule has 9 aromatic rings. The second-order valence-corrected chi connectivity index (χ2v) is 21.4. The molecule has 378 valence electrons. The van der Waals surface area contributed by atoms with E-state index in [1.165, 1.54) is 33.4 Å². The first-order valence-corrected chi connectivity index (χ1v) is 27.4. The Morgan fingerprint density at radius 1 is 0.360 bits per heavy atom. The fourth-order valence-electron chi connectivity index (χ4n) is 11.4. The van der Waals surface area contributed by atoms with E-state index in [0.29, 0.717) is 26.4 Å². The number of nitrogens with zero attached hydrogens (tertiary/aromatic N) is 2. The van der Waals surface area contributed by atoms with Crippen molar-refractivity contribution in [3.63, 3.8) is 0 Å². The second kappa shape index (κ2) is 23.0. The zero-order valence-corrected chi connectivity index (χ0v) is 44.3. The molecule has 6 nitrogen and oxygen atoms in total. The van der Waals surface area contributed by atoms with E-state index in [1.807, 2.05) is 11.3 Å². The smallest absolute Gasteiger partial charge is 0.132 e. The lowest BCUT2D eigenvalue weighted by molar-refractivity contribution is 0.125. The first kappa shape index (κ1) is 49.8. The highest BCUT2D eigenvalue weighted by Gasteiger charge is 2.38. The van der Waals surface area contributed by atoms with Crippen molar-refractivity contribution in [3.05, 3.63) is 262 Å². The molecule has 0 saturated carbocycles. The molecule has 0 N–H and O–H groups in total. The molecule has 1 aromatic heterocycles. The number of benzene rings is 8. The monoisotopic (exact) mass is 1010 g/mol. The van der Waals surface area contributed by atoms with Gasteiger partial charge in [-0.05, 0) is 97.2 Å². The summed E-state index contributed by atoms with van der Waals surface area (Å²) in [6.45, 7) is 12.9. The topological polar surface area (TPSA) is 43.4 Å². The third-order valence-corrected chi connectivity index (χ3v) is 16.3. The zero-order chi connectivity index (χ0) is 51.1. The molecule has 0 fully saturated rings. The summed E-state index contributed by atoms with van der Waals surface area (Å²) in [6.07, 6.45) is 1.67. The van der Waals surface area contributed by atoms with Crippen molar-refractivity contribution in [2.24, 2.45) is 0 Å². The van der Waals surface area contributed by atoms with Gasteiger partial charge in [0.25, 0.3) is 0 Å². The number of hydrogen-bond donors (Lipinski definition) is 0. The molecule has 0 unspecified atom stereocenters. The molecule has 0 amide bonds. The van der Waals surface area contributed by atoms with Crippen LogP contribution in [0.4, 0.5) is 0 Å². The molecule has 8 aromatic carbocycles. The molecule has 7 heteroatoms. The van der Waals surface area contributed by atoms with Gasteiger partial charge in [0, 0.05) is 81.4 Å². The van der Waals surface area contributed by atoms with Gasteiger partial charge in [-0.25, -0.2) is 0 Å². The van der Waals surface area contributed by atoms with E-state index in [1.54, 1.807) is 0 Å². The average molecular weight is 1010 g/mol. The van der Waals surface area contributed by atoms with Gasteiger partial charge in [0.1, 0.15) is 49.4 Å². The summed E-state index contributed by atoms with van der Waals surface area (Å²) < 4.78 is 28.1. The van der Waals surface area contributed by atoms with Crippen LogP contribution in [0.1, 0.15) is 95.4 Å². The molecule has 11 rings (SSSR count). The molecule has 0 spiro atoms. The minimum absolute atomic E-state index is 0.0614. The average Bonchev–Trinajstić information content (AvgIpc) is 3.93. The van der Waals surface area contributed by atoms with E-state index in [-0.39, 0.29) is 24.2 Å². The van der Waals surface area contributed by atoms with E-state index in [0.717, 1.165) is 92.1 Å². The summed E-state index contributed by atoms with van der Waals surface area (Å²) in [5.41, 5.74) is 14.4. The Bertz CT molecular complexity index is 3080. The maximum absolute atomic E-state index is 7.08. The van der Waals surface area contributed by atoms with Crippen LogP contribution in [0.15, 0.2) is 206 Å².